The van der Waals surface area contributed by atoms with Crippen molar-refractivity contribution in [3.05, 3.63) is 132 Å². The second-order valence-electron chi connectivity index (χ2n) is 6.49. The molecule has 4 rings (SSSR count). The van der Waals surface area contributed by atoms with E-state index < -0.39 is 0 Å². The molecule has 26 heavy (non-hydrogen) atoms. The summed E-state index contributed by atoms with van der Waals surface area (Å²) in [5, 5.41) is 0. The Morgan fingerprint density at radius 3 is 1.15 bits per heavy atom. The minimum absolute atomic E-state index is 0.896. The van der Waals surface area contributed by atoms with E-state index in [-0.39, 0.29) is 0 Å². The molecule has 2 aromatic rings. The van der Waals surface area contributed by atoms with Gasteiger partial charge in [-0.3, -0.25) is 0 Å². The van der Waals surface area contributed by atoms with Crippen LogP contribution in [0.2, 0.25) is 0 Å². The quantitative estimate of drug-likeness (QED) is 0.739. The maximum absolute atomic E-state index is 2.21. The van der Waals surface area contributed by atoms with Crippen molar-refractivity contribution >= 4 is 0 Å². The Morgan fingerprint density at radius 2 is 0.808 bits per heavy atom. The maximum atomic E-state index is 2.21. The van der Waals surface area contributed by atoms with Gasteiger partial charge in [0, 0.05) is 37.9 Å². The minimum Gasteiger partial charge on any atom is -0.350 e. The zero-order valence-corrected chi connectivity index (χ0v) is 14.7. The highest BCUT2D eigenvalue weighted by Crippen LogP contribution is 2.21. The SMILES string of the molecule is C1=CN(Cc2ccccc2)C=CC1=C1C=CN(Cc2ccccc2)C=C1. The first-order valence-corrected chi connectivity index (χ1v) is 8.93. The van der Waals surface area contributed by atoms with Crippen LogP contribution in [0.25, 0.3) is 0 Å². The smallest absolute Gasteiger partial charge is 0.0470 e. The van der Waals surface area contributed by atoms with Crippen molar-refractivity contribution < 1.29 is 0 Å². The summed E-state index contributed by atoms with van der Waals surface area (Å²) in [5.74, 6) is 0. The second-order valence-corrected chi connectivity index (χ2v) is 6.49. The van der Waals surface area contributed by atoms with E-state index in [1.165, 1.54) is 22.3 Å². The molecule has 2 heterocycles. The van der Waals surface area contributed by atoms with Crippen molar-refractivity contribution in [3.63, 3.8) is 0 Å². The number of nitrogens with zero attached hydrogens (tertiary/aromatic N) is 2. The van der Waals surface area contributed by atoms with Gasteiger partial charge in [0.2, 0.25) is 0 Å². The second kappa shape index (κ2) is 7.75. The molecule has 2 heteroatoms. The van der Waals surface area contributed by atoms with Gasteiger partial charge in [-0.1, -0.05) is 60.7 Å². The molecule has 0 fully saturated rings. The molecule has 128 valence electrons. The molecule has 0 amide bonds. The van der Waals surface area contributed by atoms with Gasteiger partial charge in [0.05, 0.1) is 0 Å². The first-order valence-electron chi connectivity index (χ1n) is 8.93. The molecule has 2 aliphatic heterocycles. The van der Waals surface area contributed by atoms with Crippen LogP contribution >= 0.6 is 0 Å². The summed E-state index contributed by atoms with van der Waals surface area (Å²) in [5.41, 5.74) is 5.10. The minimum atomic E-state index is 0.896. The topological polar surface area (TPSA) is 6.48 Å². The number of hydrogen-bond donors (Lipinski definition) is 0. The summed E-state index contributed by atoms with van der Waals surface area (Å²) in [4.78, 5) is 4.41. The molecule has 0 N–H and O–H groups in total. The fourth-order valence-electron chi connectivity index (χ4n) is 3.10. The molecule has 0 atom stereocenters. The Morgan fingerprint density at radius 1 is 0.462 bits per heavy atom. The summed E-state index contributed by atoms with van der Waals surface area (Å²) >= 11 is 0. The van der Waals surface area contributed by atoms with Crippen LogP contribution < -0.4 is 0 Å². The van der Waals surface area contributed by atoms with E-state index in [2.05, 4.69) is 120 Å². The molecule has 0 radical (unpaired) electrons. The third kappa shape index (κ3) is 4.04. The van der Waals surface area contributed by atoms with Gasteiger partial charge in [0.25, 0.3) is 0 Å². The zero-order valence-electron chi connectivity index (χ0n) is 14.7. The summed E-state index contributed by atoms with van der Waals surface area (Å²) in [6.07, 6.45) is 17.3. The first-order chi connectivity index (χ1) is 12.9. The van der Waals surface area contributed by atoms with Gasteiger partial charge in [-0.25, -0.2) is 0 Å². The van der Waals surface area contributed by atoms with Crippen molar-refractivity contribution in [2.24, 2.45) is 0 Å². The lowest BCUT2D eigenvalue weighted by atomic mass is 10.0. The van der Waals surface area contributed by atoms with Crippen molar-refractivity contribution in [1.82, 2.24) is 9.80 Å². The number of hydrogen-bond acceptors (Lipinski definition) is 2. The van der Waals surface area contributed by atoms with Crippen LogP contribution in [-0.4, -0.2) is 9.80 Å². The van der Waals surface area contributed by atoms with E-state index in [0.717, 1.165) is 13.1 Å². The summed E-state index contributed by atoms with van der Waals surface area (Å²) in [6.45, 7) is 1.79. The van der Waals surface area contributed by atoms with Gasteiger partial charge in [-0.2, -0.15) is 0 Å². The van der Waals surface area contributed by atoms with Gasteiger partial charge in [-0.05, 0) is 46.6 Å². The van der Waals surface area contributed by atoms with Crippen LogP contribution in [0.4, 0.5) is 0 Å². The van der Waals surface area contributed by atoms with E-state index in [9.17, 15) is 0 Å². The first kappa shape index (κ1) is 16.2. The normalized spacial score (nSPS) is 15.8. The molecule has 0 saturated heterocycles. The summed E-state index contributed by atoms with van der Waals surface area (Å²) in [6, 6.07) is 21.1. The molecule has 0 aromatic heterocycles. The highest BCUT2D eigenvalue weighted by atomic mass is 15.1. The average Bonchev–Trinajstić information content (AvgIpc) is 2.71. The van der Waals surface area contributed by atoms with Crippen LogP contribution in [-0.2, 0) is 13.1 Å². The van der Waals surface area contributed by atoms with Crippen LogP contribution in [0.5, 0.6) is 0 Å². The van der Waals surface area contributed by atoms with Crippen LogP contribution in [0.15, 0.2) is 121 Å². The van der Waals surface area contributed by atoms with Gasteiger partial charge < -0.3 is 9.80 Å². The Hall–Kier alpha value is -3.26. The largest absolute Gasteiger partial charge is 0.350 e. The van der Waals surface area contributed by atoms with Crippen molar-refractivity contribution in [2.75, 3.05) is 0 Å². The van der Waals surface area contributed by atoms with Crippen LogP contribution in [0.1, 0.15) is 11.1 Å². The molecular formula is C24H22N2. The predicted molar refractivity (Wildman–Crippen MR) is 108 cm³/mol. The van der Waals surface area contributed by atoms with Crippen molar-refractivity contribution in [2.45, 2.75) is 13.1 Å². The van der Waals surface area contributed by atoms with Gasteiger partial charge >= 0.3 is 0 Å². The fraction of sp³-hybridized carbons (Fsp3) is 0.0833. The average molecular weight is 338 g/mol. The lowest BCUT2D eigenvalue weighted by Crippen LogP contribution is -2.13. The van der Waals surface area contributed by atoms with E-state index in [1.54, 1.807) is 0 Å². The summed E-state index contributed by atoms with van der Waals surface area (Å²) < 4.78 is 0. The van der Waals surface area contributed by atoms with Gasteiger partial charge in [0.1, 0.15) is 0 Å². The molecule has 0 saturated carbocycles. The Labute approximate surface area is 155 Å². The molecule has 0 aliphatic carbocycles. The molecule has 2 aromatic carbocycles. The molecule has 0 bridgehead atoms. The predicted octanol–water partition coefficient (Wildman–Crippen LogP) is 5.37. The highest BCUT2D eigenvalue weighted by molar-refractivity contribution is 5.49. The molecule has 0 spiro atoms. The Balaban J connectivity index is 1.39. The van der Waals surface area contributed by atoms with E-state index in [4.69, 9.17) is 0 Å². The highest BCUT2D eigenvalue weighted by Gasteiger charge is 2.07. The Bertz CT molecular complexity index is 779. The maximum Gasteiger partial charge on any atom is 0.0470 e. The third-order valence-corrected chi connectivity index (χ3v) is 4.53. The van der Waals surface area contributed by atoms with E-state index in [1.807, 2.05) is 0 Å². The molecular weight excluding hydrogens is 316 g/mol. The lowest BCUT2D eigenvalue weighted by molar-refractivity contribution is 0.495. The van der Waals surface area contributed by atoms with Gasteiger partial charge in [0.15, 0.2) is 0 Å². The molecule has 2 aliphatic rings. The van der Waals surface area contributed by atoms with Crippen molar-refractivity contribution in [1.29, 1.82) is 0 Å². The van der Waals surface area contributed by atoms with Gasteiger partial charge in [-0.15, -0.1) is 0 Å². The standard InChI is InChI=1S/C24H22N2/c1-3-7-21(8-4-1)19-25-15-11-23(12-16-25)24-13-17-26(18-14-24)20-22-9-5-2-6-10-22/h1-18H,19-20H2. The van der Waals surface area contributed by atoms with Crippen molar-refractivity contribution in [3.8, 4) is 0 Å². The molecule has 0 unspecified atom stereocenters. The summed E-state index contributed by atoms with van der Waals surface area (Å²) in [7, 11) is 0. The van der Waals surface area contributed by atoms with Crippen LogP contribution in [0.3, 0.4) is 0 Å². The number of benzene rings is 2. The van der Waals surface area contributed by atoms with E-state index >= 15 is 0 Å². The number of rotatable bonds is 4. The monoisotopic (exact) mass is 338 g/mol. The van der Waals surface area contributed by atoms with Crippen LogP contribution in [0, 0.1) is 0 Å². The zero-order chi connectivity index (χ0) is 17.6. The van der Waals surface area contributed by atoms with E-state index in [0.29, 0.717) is 0 Å². The third-order valence-electron chi connectivity index (χ3n) is 4.53. The molecule has 2 nitrogen and oxygen atoms in total. The number of allylic oxidation sites excluding steroid dienone is 6. The lowest BCUT2D eigenvalue weighted by Gasteiger charge is -2.22. The fourth-order valence-corrected chi connectivity index (χ4v) is 3.10. The Kier molecular flexibility index (Phi) is 4.83.